The van der Waals surface area contributed by atoms with Gasteiger partial charge >= 0.3 is 0 Å². The molecule has 5 heteroatoms. The number of ether oxygens (including phenoxy) is 1. The molecule has 0 aliphatic heterocycles. The molecule has 0 saturated heterocycles. The monoisotopic (exact) mass is 372 g/mol. The van der Waals surface area contributed by atoms with E-state index in [2.05, 4.69) is 0 Å². The van der Waals surface area contributed by atoms with Gasteiger partial charge < -0.3 is 4.74 Å². The molecule has 2 nitrogen and oxygen atoms in total. The van der Waals surface area contributed by atoms with Gasteiger partial charge in [-0.05, 0) is 23.3 Å². The maximum Gasteiger partial charge on any atom is 0.185 e. The van der Waals surface area contributed by atoms with Gasteiger partial charge in [0, 0.05) is 11.6 Å². The Morgan fingerprint density at radius 2 is 1.65 bits per heavy atom. The van der Waals surface area contributed by atoms with E-state index in [0.717, 1.165) is 29.3 Å². The lowest BCUT2D eigenvalue weighted by Gasteiger charge is -2.10. The van der Waals surface area contributed by atoms with Crippen molar-refractivity contribution in [1.29, 1.82) is 0 Å². The Hall–Kier alpha value is -2.72. The van der Waals surface area contributed by atoms with Crippen molar-refractivity contribution in [1.82, 2.24) is 0 Å². The van der Waals surface area contributed by atoms with Gasteiger partial charge in [-0.15, -0.1) is 11.6 Å². The number of Topliss-reactive ketones (excluding diaryl/α,β-unsaturated/α-hetero) is 1. The van der Waals surface area contributed by atoms with E-state index in [0.29, 0.717) is 5.56 Å². The van der Waals surface area contributed by atoms with Crippen molar-refractivity contribution < 1.29 is 18.3 Å². The molecule has 1 unspecified atom stereocenters. The molecule has 0 amide bonds. The molecule has 0 aromatic heterocycles. The lowest BCUT2D eigenvalue weighted by Crippen LogP contribution is -2.07. The number of benzene rings is 3. The largest absolute Gasteiger partial charge is 0.486 e. The van der Waals surface area contributed by atoms with Gasteiger partial charge in [-0.3, -0.25) is 4.79 Å². The van der Waals surface area contributed by atoms with Crippen molar-refractivity contribution in [3.8, 4) is 5.75 Å². The summed E-state index contributed by atoms with van der Waals surface area (Å²) in [4.78, 5) is 12.5. The number of carbonyl (C=O) groups is 1. The smallest absolute Gasteiger partial charge is 0.185 e. The SMILES string of the molecule is O=C(c1ccc(COc2cc(F)ccc2F)cc1)C(Cl)c1ccccc1. The Kier molecular flexibility index (Phi) is 5.64. The van der Waals surface area contributed by atoms with Crippen LogP contribution in [0.3, 0.4) is 0 Å². The molecule has 1 atom stereocenters. The fourth-order valence-electron chi connectivity index (χ4n) is 2.43. The number of halogens is 3. The Morgan fingerprint density at radius 3 is 2.35 bits per heavy atom. The molecule has 0 heterocycles. The molecule has 0 bridgehead atoms. The highest BCUT2D eigenvalue weighted by molar-refractivity contribution is 6.33. The van der Waals surface area contributed by atoms with Crippen molar-refractivity contribution in [2.45, 2.75) is 12.0 Å². The van der Waals surface area contributed by atoms with Crippen LogP contribution in [0, 0.1) is 11.6 Å². The van der Waals surface area contributed by atoms with E-state index in [9.17, 15) is 13.6 Å². The second-order valence-corrected chi connectivity index (χ2v) is 6.13. The highest BCUT2D eigenvalue weighted by Gasteiger charge is 2.19. The normalized spacial score (nSPS) is 11.8. The van der Waals surface area contributed by atoms with Crippen LogP contribution in [0.15, 0.2) is 72.8 Å². The van der Waals surface area contributed by atoms with E-state index in [-0.39, 0.29) is 18.1 Å². The topological polar surface area (TPSA) is 26.3 Å². The maximum absolute atomic E-state index is 13.5. The number of hydrogen-bond acceptors (Lipinski definition) is 2. The lowest BCUT2D eigenvalue weighted by atomic mass is 10.0. The second kappa shape index (κ2) is 8.11. The second-order valence-electron chi connectivity index (χ2n) is 5.70. The fourth-order valence-corrected chi connectivity index (χ4v) is 2.71. The van der Waals surface area contributed by atoms with E-state index >= 15 is 0 Å². The Balaban J connectivity index is 1.66. The molecule has 3 aromatic rings. The van der Waals surface area contributed by atoms with E-state index < -0.39 is 17.0 Å². The minimum atomic E-state index is -0.764. The van der Waals surface area contributed by atoms with Crippen LogP contribution in [-0.2, 0) is 6.61 Å². The van der Waals surface area contributed by atoms with E-state index in [1.807, 2.05) is 18.2 Å². The van der Waals surface area contributed by atoms with Gasteiger partial charge in [0.15, 0.2) is 17.3 Å². The zero-order chi connectivity index (χ0) is 18.5. The molecule has 26 heavy (non-hydrogen) atoms. The predicted molar refractivity (Wildman–Crippen MR) is 96.5 cm³/mol. The molecule has 132 valence electrons. The molecule has 0 spiro atoms. The summed E-state index contributed by atoms with van der Waals surface area (Å²) in [5, 5.41) is -0.764. The molecular weight excluding hydrogens is 358 g/mol. The van der Waals surface area contributed by atoms with Crippen molar-refractivity contribution >= 4 is 17.4 Å². The maximum atomic E-state index is 13.5. The highest BCUT2D eigenvalue weighted by atomic mass is 35.5. The molecule has 3 rings (SSSR count). The minimum Gasteiger partial charge on any atom is -0.486 e. The van der Waals surface area contributed by atoms with Gasteiger partial charge in [0.05, 0.1) is 0 Å². The molecule has 3 aromatic carbocycles. The predicted octanol–water partition coefficient (Wildman–Crippen LogP) is 5.71. The number of hydrogen-bond donors (Lipinski definition) is 0. The first kappa shape index (κ1) is 18.1. The van der Waals surface area contributed by atoms with Crippen LogP contribution in [-0.4, -0.2) is 5.78 Å². The van der Waals surface area contributed by atoms with E-state index in [1.165, 1.54) is 0 Å². The van der Waals surface area contributed by atoms with Crippen molar-refractivity contribution in [2.75, 3.05) is 0 Å². The Labute approximate surface area is 155 Å². The third-order valence-electron chi connectivity index (χ3n) is 3.85. The molecule has 0 N–H and O–H groups in total. The summed E-state index contributed by atoms with van der Waals surface area (Å²) >= 11 is 6.25. The summed E-state index contributed by atoms with van der Waals surface area (Å²) in [6.45, 7) is 0.0534. The summed E-state index contributed by atoms with van der Waals surface area (Å²) in [5.74, 6) is -1.57. The summed E-state index contributed by atoms with van der Waals surface area (Å²) in [6, 6.07) is 18.8. The van der Waals surface area contributed by atoms with Crippen LogP contribution < -0.4 is 4.74 Å². The standard InChI is InChI=1S/C21H15ClF2O2/c22-20(15-4-2-1-3-5-15)21(25)16-8-6-14(7-9-16)13-26-19-12-17(23)10-11-18(19)24/h1-12,20H,13H2. The van der Waals surface area contributed by atoms with Crippen LogP contribution in [0.1, 0.15) is 26.9 Å². The molecule has 0 fully saturated rings. The summed E-state index contributed by atoms with van der Waals surface area (Å²) in [5.41, 5.74) is 1.92. The average molecular weight is 373 g/mol. The number of carbonyl (C=O) groups excluding carboxylic acids is 1. The van der Waals surface area contributed by atoms with Crippen LogP contribution >= 0.6 is 11.6 Å². The van der Waals surface area contributed by atoms with Gasteiger partial charge in [0.2, 0.25) is 0 Å². The summed E-state index contributed by atoms with van der Waals surface area (Å²) in [7, 11) is 0. The molecule has 0 saturated carbocycles. The van der Waals surface area contributed by atoms with Crippen LogP contribution in [0.5, 0.6) is 5.75 Å². The highest BCUT2D eigenvalue weighted by Crippen LogP contribution is 2.25. The van der Waals surface area contributed by atoms with Gasteiger partial charge in [-0.1, -0.05) is 54.6 Å². The summed E-state index contributed by atoms with van der Waals surface area (Å²) < 4.78 is 32.0. The fraction of sp³-hybridized carbons (Fsp3) is 0.0952. The Morgan fingerprint density at radius 1 is 0.962 bits per heavy atom. The van der Waals surface area contributed by atoms with Gasteiger partial charge in [0.1, 0.15) is 17.8 Å². The molecular formula is C21H15ClF2O2. The first-order chi connectivity index (χ1) is 12.5. The van der Waals surface area contributed by atoms with Crippen LogP contribution in [0.2, 0.25) is 0 Å². The Bertz CT molecular complexity index is 896. The summed E-state index contributed by atoms with van der Waals surface area (Å²) in [6.07, 6.45) is 0. The number of ketones is 1. The minimum absolute atomic E-state index is 0.0534. The number of alkyl halides is 1. The first-order valence-electron chi connectivity index (χ1n) is 7.94. The third kappa shape index (κ3) is 4.27. The quantitative estimate of drug-likeness (QED) is 0.409. The van der Waals surface area contributed by atoms with Crippen LogP contribution in [0.4, 0.5) is 8.78 Å². The number of rotatable bonds is 6. The van der Waals surface area contributed by atoms with Crippen molar-refractivity contribution in [3.63, 3.8) is 0 Å². The van der Waals surface area contributed by atoms with Gasteiger partial charge in [0.25, 0.3) is 0 Å². The van der Waals surface area contributed by atoms with Crippen molar-refractivity contribution in [2.24, 2.45) is 0 Å². The lowest BCUT2D eigenvalue weighted by molar-refractivity contribution is 0.0987. The molecule has 0 aliphatic carbocycles. The molecule has 0 radical (unpaired) electrons. The zero-order valence-electron chi connectivity index (χ0n) is 13.7. The van der Waals surface area contributed by atoms with Crippen LogP contribution in [0.25, 0.3) is 0 Å². The van der Waals surface area contributed by atoms with Gasteiger partial charge in [-0.2, -0.15) is 0 Å². The zero-order valence-corrected chi connectivity index (χ0v) is 14.4. The van der Waals surface area contributed by atoms with Gasteiger partial charge in [-0.25, -0.2) is 8.78 Å². The van der Waals surface area contributed by atoms with E-state index in [1.54, 1.807) is 36.4 Å². The van der Waals surface area contributed by atoms with E-state index in [4.69, 9.17) is 16.3 Å². The average Bonchev–Trinajstić information content (AvgIpc) is 2.68. The first-order valence-corrected chi connectivity index (χ1v) is 8.38. The third-order valence-corrected chi connectivity index (χ3v) is 4.30. The van der Waals surface area contributed by atoms with Crippen molar-refractivity contribution in [3.05, 3.63) is 101 Å². The molecule has 0 aliphatic rings.